The fourth-order valence-electron chi connectivity index (χ4n) is 1.38. The molecule has 0 aliphatic heterocycles. The van der Waals surface area contributed by atoms with E-state index in [1.807, 2.05) is 6.07 Å². The summed E-state index contributed by atoms with van der Waals surface area (Å²) in [5.74, 6) is 0.526. The Morgan fingerprint density at radius 3 is 2.65 bits per heavy atom. The smallest absolute Gasteiger partial charge is 0.229 e. The molecule has 0 bridgehead atoms. The topological polar surface area (TPSA) is 79.2 Å². The molecule has 0 spiro atoms. The van der Waals surface area contributed by atoms with Crippen LogP contribution in [0, 0.1) is 11.3 Å². The fourth-order valence-corrected chi connectivity index (χ4v) is 1.93. The Kier molecular flexibility index (Phi) is 2.94. The summed E-state index contributed by atoms with van der Waals surface area (Å²) < 4.78 is 30.1. The van der Waals surface area contributed by atoms with Crippen LogP contribution in [0.4, 0.5) is 5.69 Å². The van der Waals surface area contributed by atoms with Crippen LogP contribution in [0.25, 0.3) is 0 Å². The van der Waals surface area contributed by atoms with E-state index in [4.69, 9.17) is 10.00 Å². The van der Waals surface area contributed by atoms with Gasteiger partial charge in [-0.2, -0.15) is 5.26 Å². The lowest BCUT2D eigenvalue weighted by molar-refractivity contribution is 0.303. The molecule has 6 heteroatoms. The number of sulfonamides is 1. The molecule has 2 rings (SSSR count). The summed E-state index contributed by atoms with van der Waals surface area (Å²) in [6.07, 6.45) is 3.28. The van der Waals surface area contributed by atoms with Gasteiger partial charge >= 0.3 is 0 Å². The lowest BCUT2D eigenvalue weighted by Crippen LogP contribution is -2.10. The van der Waals surface area contributed by atoms with E-state index in [9.17, 15) is 8.42 Å². The van der Waals surface area contributed by atoms with Crippen LogP contribution in [-0.2, 0) is 10.0 Å². The zero-order valence-electron chi connectivity index (χ0n) is 9.30. The second-order valence-corrected chi connectivity index (χ2v) is 5.80. The predicted octanol–water partition coefficient (Wildman–Crippen LogP) is 1.47. The first kappa shape index (κ1) is 11.7. The third-order valence-electron chi connectivity index (χ3n) is 2.17. The highest BCUT2D eigenvalue weighted by molar-refractivity contribution is 7.92. The maximum absolute atomic E-state index is 11.1. The van der Waals surface area contributed by atoms with Crippen molar-refractivity contribution in [2.75, 3.05) is 11.0 Å². The first-order chi connectivity index (χ1) is 7.96. The minimum absolute atomic E-state index is 0.204. The summed E-state index contributed by atoms with van der Waals surface area (Å²) in [5, 5.41) is 8.85. The van der Waals surface area contributed by atoms with Crippen molar-refractivity contribution in [3.8, 4) is 11.8 Å². The number of nitrogens with one attached hydrogen (secondary N) is 1. The van der Waals surface area contributed by atoms with Gasteiger partial charge in [-0.15, -0.1) is 0 Å². The van der Waals surface area contributed by atoms with Crippen molar-refractivity contribution in [2.24, 2.45) is 0 Å². The summed E-state index contributed by atoms with van der Waals surface area (Å²) in [5.41, 5.74) is 0.719. The van der Waals surface area contributed by atoms with Gasteiger partial charge in [-0.3, -0.25) is 4.72 Å². The molecule has 1 saturated carbocycles. The molecule has 1 aliphatic rings. The van der Waals surface area contributed by atoms with Crippen LogP contribution in [0.2, 0.25) is 0 Å². The van der Waals surface area contributed by atoms with Gasteiger partial charge in [-0.1, -0.05) is 0 Å². The molecule has 0 unspecified atom stereocenters. The maximum Gasteiger partial charge on any atom is 0.229 e. The predicted molar refractivity (Wildman–Crippen MR) is 63.3 cm³/mol. The van der Waals surface area contributed by atoms with Gasteiger partial charge in [0, 0.05) is 6.07 Å². The lowest BCUT2D eigenvalue weighted by Gasteiger charge is -2.08. The minimum atomic E-state index is -3.35. The molecular weight excluding hydrogens is 240 g/mol. The van der Waals surface area contributed by atoms with Crippen LogP contribution in [0.3, 0.4) is 0 Å². The van der Waals surface area contributed by atoms with Crippen LogP contribution >= 0.6 is 0 Å². The number of anilines is 1. The number of nitriles is 1. The van der Waals surface area contributed by atoms with Crippen LogP contribution < -0.4 is 9.46 Å². The van der Waals surface area contributed by atoms with Crippen molar-refractivity contribution in [3.05, 3.63) is 23.8 Å². The van der Waals surface area contributed by atoms with Gasteiger partial charge in [0.25, 0.3) is 0 Å². The molecule has 0 heterocycles. The Balaban J connectivity index is 2.28. The summed E-state index contributed by atoms with van der Waals surface area (Å²) in [6.45, 7) is 0. The van der Waals surface area contributed by atoms with Crippen molar-refractivity contribution in [1.29, 1.82) is 5.26 Å². The van der Waals surface area contributed by atoms with Gasteiger partial charge < -0.3 is 4.74 Å². The minimum Gasteiger partial charge on any atom is -0.490 e. The average molecular weight is 252 g/mol. The molecule has 1 aliphatic carbocycles. The second kappa shape index (κ2) is 4.26. The standard InChI is InChI=1S/C11H12N2O3S/c1-17(14,15)13-9-4-8(7-12)5-11(6-9)16-10-2-3-10/h4-6,10,13H,2-3H2,1H3. The molecule has 5 nitrogen and oxygen atoms in total. The molecular formula is C11H12N2O3S. The molecule has 0 saturated heterocycles. The van der Waals surface area contributed by atoms with Crippen LogP contribution in [0.5, 0.6) is 5.75 Å². The SMILES string of the molecule is CS(=O)(=O)Nc1cc(C#N)cc(OC2CC2)c1. The largest absolute Gasteiger partial charge is 0.490 e. The van der Waals surface area contributed by atoms with E-state index in [2.05, 4.69) is 4.72 Å². The van der Waals surface area contributed by atoms with E-state index in [1.54, 1.807) is 12.1 Å². The van der Waals surface area contributed by atoms with E-state index < -0.39 is 10.0 Å². The molecule has 1 aromatic carbocycles. The second-order valence-electron chi connectivity index (χ2n) is 4.05. The molecule has 0 radical (unpaired) electrons. The third kappa shape index (κ3) is 3.64. The Hall–Kier alpha value is -1.74. The van der Waals surface area contributed by atoms with Gasteiger partial charge in [-0.25, -0.2) is 8.42 Å². The number of nitrogens with zero attached hydrogens (tertiary/aromatic N) is 1. The summed E-state index contributed by atoms with van der Waals surface area (Å²) in [4.78, 5) is 0. The van der Waals surface area contributed by atoms with E-state index in [0.29, 0.717) is 17.0 Å². The molecule has 1 aromatic rings. The summed E-state index contributed by atoms with van der Waals surface area (Å²) >= 11 is 0. The Bertz CT molecular complexity index is 571. The summed E-state index contributed by atoms with van der Waals surface area (Å²) in [6, 6.07) is 6.63. The highest BCUT2D eigenvalue weighted by Crippen LogP contribution is 2.29. The number of rotatable bonds is 4. The maximum atomic E-state index is 11.1. The molecule has 0 aromatic heterocycles. The molecule has 0 amide bonds. The van der Waals surface area contributed by atoms with Gasteiger partial charge in [-0.05, 0) is 25.0 Å². The van der Waals surface area contributed by atoms with Crippen LogP contribution in [0.15, 0.2) is 18.2 Å². The van der Waals surface area contributed by atoms with E-state index in [1.165, 1.54) is 6.07 Å². The van der Waals surface area contributed by atoms with Crippen molar-refractivity contribution in [2.45, 2.75) is 18.9 Å². The Morgan fingerprint density at radius 1 is 1.41 bits per heavy atom. The zero-order valence-corrected chi connectivity index (χ0v) is 10.1. The molecule has 17 heavy (non-hydrogen) atoms. The van der Waals surface area contributed by atoms with E-state index in [-0.39, 0.29) is 6.10 Å². The third-order valence-corrected chi connectivity index (χ3v) is 2.77. The Morgan fingerprint density at radius 2 is 2.12 bits per heavy atom. The van der Waals surface area contributed by atoms with Crippen molar-refractivity contribution >= 4 is 15.7 Å². The quantitative estimate of drug-likeness (QED) is 0.880. The molecule has 0 atom stereocenters. The number of ether oxygens (including phenoxy) is 1. The summed E-state index contributed by atoms with van der Waals surface area (Å²) in [7, 11) is -3.35. The van der Waals surface area contributed by atoms with Gasteiger partial charge in [0.2, 0.25) is 10.0 Å². The normalized spacial score (nSPS) is 15.1. The van der Waals surface area contributed by atoms with Crippen molar-refractivity contribution < 1.29 is 13.2 Å². The van der Waals surface area contributed by atoms with Gasteiger partial charge in [0.15, 0.2) is 0 Å². The lowest BCUT2D eigenvalue weighted by atomic mass is 10.2. The fraction of sp³-hybridized carbons (Fsp3) is 0.364. The monoisotopic (exact) mass is 252 g/mol. The van der Waals surface area contributed by atoms with Crippen molar-refractivity contribution in [1.82, 2.24) is 0 Å². The van der Waals surface area contributed by atoms with E-state index in [0.717, 1.165) is 19.1 Å². The first-order valence-electron chi connectivity index (χ1n) is 5.16. The van der Waals surface area contributed by atoms with E-state index >= 15 is 0 Å². The van der Waals surface area contributed by atoms with Gasteiger partial charge in [0.1, 0.15) is 5.75 Å². The van der Waals surface area contributed by atoms with Crippen LogP contribution in [0.1, 0.15) is 18.4 Å². The Labute approximate surface area is 100 Å². The van der Waals surface area contributed by atoms with Crippen LogP contribution in [-0.4, -0.2) is 20.8 Å². The van der Waals surface area contributed by atoms with Gasteiger partial charge in [0.05, 0.1) is 29.7 Å². The molecule has 1 N–H and O–H groups in total. The molecule has 90 valence electrons. The highest BCUT2D eigenvalue weighted by Gasteiger charge is 2.23. The number of hydrogen-bond acceptors (Lipinski definition) is 4. The first-order valence-corrected chi connectivity index (χ1v) is 7.05. The highest BCUT2D eigenvalue weighted by atomic mass is 32.2. The number of hydrogen-bond donors (Lipinski definition) is 1. The van der Waals surface area contributed by atoms with Crippen molar-refractivity contribution in [3.63, 3.8) is 0 Å². The zero-order chi connectivity index (χ0) is 12.5. The number of benzene rings is 1. The molecule has 1 fully saturated rings. The average Bonchev–Trinajstić information content (AvgIpc) is 2.98.